The van der Waals surface area contributed by atoms with Gasteiger partial charge in [0.05, 0.1) is 0 Å². The van der Waals surface area contributed by atoms with Gasteiger partial charge in [-0.2, -0.15) is 0 Å². The standard InChI is InChI=1S/C29H40O/c1-7-22-12-8-9-14-25(22)28(30)26-19-24(15-16-27(26)29(4,5)6)23-13-10-11-21(18-23)17-20(2)3/h8-9,12,14-16,19-21,23H,7,10-11,13,17-18H2,1-6H3/t21-,23?/m0/s1. The second-order valence-electron chi connectivity index (χ2n) is 10.8. The van der Waals surface area contributed by atoms with Crippen molar-refractivity contribution in [2.75, 3.05) is 0 Å². The highest BCUT2D eigenvalue weighted by Crippen LogP contribution is 2.40. The minimum Gasteiger partial charge on any atom is -0.289 e. The van der Waals surface area contributed by atoms with E-state index in [2.05, 4.69) is 65.8 Å². The van der Waals surface area contributed by atoms with E-state index in [4.69, 9.17) is 0 Å². The van der Waals surface area contributed by atoms with Crippen LogP contribution in [-0.2, 0) is 11.8 Å². The van der Waals surface area contributed by atoms with Crippen molar-refractivity contribution in [1.29, 1.82) is 0 Å². The average Bonchev–Trinajstić information content (AvgIpc) is 2.71. The van der Waals surface area contributed by atoms with Gasteiger partial charge in [0.15, 0.2) is 5.78 Å². The van der Waals surface area contributed by atoms with E-state index in [1.165, 1.54) is 37.7 Å². The van der Waals surface area contributed by atoms with Crippen LogP contribution in [0.5, 0.6) is 0 Å². The molecule has 0 saturated heterocycles. The molecule has 0 aliphatic heterocycles. The number of benzene rings is 2. The maximum Gasteiger partial charge on any atom is 0.193 e. The Bertz CT molecular complexity index is 868. The first kappa shape index (κ1) is 22.8. The van der Waals surface area contributed by atoms with Gasteiger partial charge < -0.3 is 0 Å². The van der Waals surface area contributed by atoms with Gasteiger partial charge in [0.2, 0.25) is 0 Å². The Balaban J connectivity index is 2.00. The second-order valence-corrected chi connectivity index (χ2v) is 10.8. The molecule has 1 unspecified atom stereocenters. The van der Waals surface area contributed by atoms with Crippen LogP contribution in [0.1, 0.15) is 112 Å². The van der Waals surface area contributed by atoms with Gasteiger partial charge in [0.25, 0.3) is 0 Å². The van der Waals surface area contributed by atoms with E-state index in [0.29, 0.717) is 5.92 Å². The molecule has 0 radical (unpaired) electrons. The summed E-state index contributed by atoms with van der Waals surface area (Å²) in [6.07, 6.45) is 7.41. The monoisotopic (exact) mass is 404 g/mol. The van der Waals surface area contributed by atoms with Gasteiger partial charge in [-0.05, 0) is 71.6 Å². The number of carbonyl (C=O) groups is 1. The summed E-state index contributed by atoms with van der Waals surface area (Å²) in [7, 11) is 0. The summed E-state index contributed by atoms with van der Waals surface area (Å²) in [6.45, 7) is 13.4. The van der Waals surface area contributed by atoms with Crippen LogP contribution in [0.25, 0.3) is 0 Å². The Kier molecular flexibility index (Phi) is 7.22. The zero-order valence-electron chi connectivity index (χ0n) is 19.9. The molecule has 0 N–H and O–H groups in total. The summed E-state index contributed by atoms with van der Waals surface area (Å²) in [5.41, 5.74) is 5.39. The molecule has 0 aromatic heterocycles. The first-order valence-electron chi connectivity index (χ1n) is 12.0. The van der Waals surface area contributed by atoms with Crippen molar-refractivity contribution in [2.45, 2.75) is 91.4 Å². The third kappa shape index (κ3) is 5.23. The van der Waals surface area contributed by atoms with E-state index >= 15 is 0 Å². The lowest BCUT2D eigenvalue weighted by molar-refractivity contribution is 0.103. The molecule has 0 bridgehead atoms. The highest BCUT2D eigenvalue weighted by Gasteiger charge is 2.28. The van der Waals surface area contributed by atoms with Crippen molar-refractivity contribution in [3.05, 3.63) is 70.3 Å². The van der Waals surface area contributed by atoms with Crippen molar-refractivity contribution in [1.82, 2.24) is 0 Å². The quantitative estimate of drug-likeness (QED) is 0.444. The predicted octanol–water partition coefficient (Wildman–Crippen LogP) is 8.10. The summed E-state index contributed by atoms with van der Waals surface area (Å²) >= 11 is 0. The maximum absolute atomic E-state index is 13.7. The van der Waals surface area contributed by atoms with Gasteiger partial charge in [-0.1, -0.05) is 90.8 Å². The van der Waals surface area contributed by atoms with Crippen molar-refractivity contribution in [3.8, 4) is 0 Å². The molecule has 1 aliphatic rings. The predicted molar refractivity (Wildman–Crippen MR) is 129 cm³/mol. The van der Waals surface area contributed by atoms with Crippen molar-refractivity contribution >= 4 is 5.78 Å². The first-order valence-corrected chi connectivity index (χ1v) is 12.0. The molecule has 1 heteroatoms. The highest BCUT2D eigenvalue weighted by molar-refractivity contribution is 6.11. The molecule has 1 nitrogen and oxygen atoms in total. The highest BCUT2D eigenvalue weighted by atomic mass is 16.1. The van der Waals surface area contributed by atoms with Crippen LogP contribution in [0.15, 0.2) is 42.5 Å². The van der Waals surface area contributed by atoms with Gasteiger partial charge in [-0.25, -0.2) is 0 Å². The van der Waals surface area contributed by atoms with E-state index in [1.807, 2.05) is 18.2 Å². The Labute approximate surface area is 184 Å². The third-order valence-electron chi connectivity index (χ3n) is 6.80. The molecule has 1 aliphatic carbocycles. The Hall–Kier alpha value is -1.89. The van der Waals surface area contributed by atoms with E-state index in [-0.39, 0.29) is 11.2 Å². The minimum absolute atomic E-state index is 0.0581. The molecular weight excluding hydrogens is 364 g/mol. The molecule has 0 heterocycles. The van der Waals surface area contributed by atoms with Crippen LogP contribution in [0, 0.1) is 11.8 Å². The molecule has 30 heavy (non-hydrogen) atoms. The Morgan fingerprint density at radius 3 is 2.43 bits per heavy atom. The largest absolute Gasteiger partial charge is 0.289 e. The van der Waals surface area contributed by atoms with E-state index in [9.17, 15) is 4.79 Å². The molecular formula is C29H40O. The Morgan fingerprint density at radius 2 is 1.77 bits per heavy atom. The lowest BCUT2D eigenvalue weighted by Gasteiger charge is -2.31. The van der Waals surface area contributed by atoms with Crippen molar-refractivity contribution < 1.29 is 4.79 Å². The first-order chi connectivity index (χ1) is 14.2. The summed E-state index contributed by atoms with van der Waals surface area (Å²) in [4.78, 5) is 13.7. The van der Waals surface area contributed by atoms with Gasteiger partial charge in [-0.3, -0.25) is 4.79 Å². The van der Waals surface area contributed by atoms with E-state index in [1.54, 1.807) is 0 Å². The normalized spacial score (nSPS) is 19.8. The summed E-state index contributed by atoms with van der Waals surface area (Å²) in [6, 6.07) is 14.9. The smallest absolute Gasteiger partial charge is 0.193 e. The van der Waals surface area contributed by atoms with E-state index in [0.717, 1.165) is 40.5 Å². The van der Waals surface area contributed by atoms with Crippen LogP contribution in [0.4, 0.5) is 0 Å². The second kappa shape index (κ2) is 9.50. The lowest BCUT2D eigenvalue weighted by atomic mass is 9.73. The van der Waals surface area contributed by atoms with Crippen LogP contribution >= 0.6 is 0 Å². The summed E-state index contributed by atoms with van der Waals surface area (Å²) in [5.74, 6) is 2.36. The zero-order valence-corrected chi connectivity index (χ0v) is 19.9. The van der Waals surface area contributed by atoms with Crippen LogP contribution in [0.2, 0.25) is 0 Å². The minimum atomic E-state index is -0.0581. The summed E-state index contributed by atoms with van der Waals surface area (Å²) in [5, 5.41) is 0. The van der Waals surface area contributed by atoms with Crippen molar-refractivity contribution in [2.24, 2.45) is 11.8 Å². The van der Waals surface area contributed by atoms with Gasteiger partial charge in [0.1, 0.15) is 0 Å². The molecule has 2 aromatic carbocycles. The molecule has 1 saturated carbocycles. The van der Waals surface area contributed by atoms with Gasteiger partial charge in [0, 0.05) is 11.1 Å². The molecule has 162 valence electrons. The fraction of sp³-hybridized carbons (Fsp3) is 0.552. The summed E-state index contributed by atoms with van der Waals surface area (Å²) < 4.78 is 0. The number of ketones is 1. The topological polar surface area (TPSA) is 17.1 Å². The molecule has 2 atom stereocenters. The maximum atomic E-state index is 13.7. The van der Waals surface area contributed by atoms with Crippen LogP contribution in [-0.4, -0.2) is 5.78 Å². The number of carbonyl (C=O) groups excluding carboxylic acids is 1. The molecule has 0 spiro atoms. The number of hydrogen-bond donors (Lipinski definition) is 0. The van der Waals surface area contributed by atoms with Crippen molar-refractivity contribution in [3.63, 3.8) is 0 Å². The average molecular weight is 405 g/mol. The van der Waals surface area contributed by atoms with Crippen LogP contribution < -0.4 is 0 Å². The Morgan fingerprint density at radius 1 is 1.03 bits per heavy atom. The fourth-order valence-corrected chi connectivity index (χ4v) is 5.33. The zero-order chi connectivity index (χ0) is 21.9. The number of aryl methyl sites for hydroxylation is 1. The fourth-order valence-electron chi connectivity index (χ4n) is 5.33. The van der Waals surface area contributed by atoms with Crippen LogP contribution in [0.3, 0.4) is 0 Å². The molecule has 1 fully saturated rings. The molecule has 3 rings (SSSR count). The van der Waals surface area contributed by atoms with Gasteiger partial charge >= 0.3 is 0 Å². The van der Waals surface area contributed by atoms with E-state index < -0.39 is 0 Å². The lowest BCUT2D eigenvalue weighted by Crippen LogP contribution is -2.20. The SMILES string of the molecule is CCc1ccccc1C(=O)c1cc(C2CCC[C@@H](CC(C)C)C2)ccc1C(C)(C)C. The molecule has 2 aromatic rings. The number of rotatable bonds is 6. The van der Waals surface area contributed by atoms with Gasteiger partial charge in [-0.15, -0.1) is 0 Å². The third-order valence-corrected chi connectivity index (χ3v) is 6.80. The number of hydrogen-bond acceptors (Lipinski definition) is 1. The molecule has 0 amide bonds.